The summed E-state index contributed by atoms with van der Waals surface area (Å²) in [5.41, 5.74) is 2.27. The summed E-state index contributed by atoms with van der Waals surface area (Å²) in [6.45, 7) is 1.43. The summed E-state index contributed by atoms with van der Waals surface area (Å²) >= 11 is 0. The molecule has 1 heterocycles. The Labute approximate surface area is 81.6 Å². The molecule has 14 heavy (non-hydrogen) atoms. The fourth-order valence-electron chi connectivity index (χ4n) is 2.12. The molecule has 1 unspecified atom stereocenters. The fraction of sp³-hybridized carbons (Fsp3) is 0.364. The van der Waals surface area contributed by atoms with Gasteiger partial charge in [-0.2, -0.15) is 0 Å². The molecule has 0 N–H and O–H groups in total. The summed E-state index contributed by atoms with van der Waals surface area (Å²) in [6, 6.07) is 7.97. The molecule has 3 heteroatoms. The Morgan fingerprint density at radius 3 is 2.79 bits per heavy atom. The largest absolute Gasteiger partial charge is 0.455 e. The first-order chi connectivity index (χ1) is 6.77. The fourth-order valence-corrected chi connectivity index (χ4v) is 2.12. The van der Waals surface area contributed by atoms with Crippen LogP contribution in [0, 0.1) is 0 Å². The van der Waals surface area contributed by atoms with Crippen molar-refractivity contribution in [3.05, 3.63) is 35.4 Å². The topological polar surface area (TPSA) is 38.8 Å². The van der Waals surface area contributed by atoms with Gasteiger partial charge in [0.2, 0.25) is 0 Å². The zero-order valence-corrected chi connectivity index (χ0v) is 7.77. The minimum atomic E-state index is -0.249. The van der Waals surface area contributed by atoms with Crippen LogP contribution in [0.15, 0.2) is 24.3 Å². The van der Waals surface area contributed by atoms with Gasteiger partial charge in [-0.3, -0.25) is 4.79 Å². The number of rotatable bonds is 1. The second kappa shape index (κ2) is 2.58. The predicted molar refractivity (Wildman–Crippen MR) is 48.6 cm³/mol. The molecular formula is C11H10O3. The Balaban J connectivity index is 1.98. The second-order valence-corrected chi connectivity index (χ2v) is 3.68. The van der Waals surface area contributed by atoms with E-state index >= 15 is 0 Å². The molecule has 0 spiro atoms. The van der Waals surface area contributed by atoms with Gasteiger partial charge in [-0.05, 0) is 5.56 Å². The number of carbonyl (C=O) groups excluding carboxylic acids is 1. The molecule has 0 saturated carbocycles. The van der Waals surface area contributed by atoms with Crippen molar-refractivity contribution in [3.8, 4) is 0 Å². The van der Waals surface area contributed by atoms with E-state index in [1.807, 2.05) is 24.3 Å². The highest BCUT2D eigenvalue weighted by molar-refractivity contribution is 5.67. The second-order valence-electron chi connectivity index (χ2n) is 3.68. The van der Waals surface area contributed by atoms with E-state index in [0.29, 0.717) is 0 Å². The predicted octanol–water partition coefficient (Wildman–Crippen LogP) is 1.74. The van der Waals surface area contributed by atoms with Gasteiger partial charge in [0, 0.05) is 12.5 Å². The third kappa shape index (κ3) is 0.990. The van der Waals surface area contributed by atoms with Gasteiger partial charge in [0.1, 0.15) is 12.2 Å². The average molecular weight is 190 g/mol. The molecule has 0 bridgehead atoms. The molecule has 3 atom stereocenters. The maximum absolute atomic E-state index is 10.9. The summed E-state index contributed by atoms with van der Waals surface area (Å²) in [6.07, 6.45) is 0.0422. The van der Waals surface area contributed by atoms with Crippen LogP contribution in [0.3, 0.4) is 0 Å². The summed E-state index contributed by atoms with van der Waals surface area (Å²) < 4.78 is 10.6. The Morgan fingerprint density at radius 1 is 1.36 bits per heavy atom. The highest BCUT2D eigenvalue weighted by Gasteiger charge is 2.55. The van der Waals surface area contributed by atoms with E-state index in [1.165, 1.54) is 12.5 Å². The van der Waals surface area contributed by atoms with Crippen LogP contribution in [0.4, 0.5) is 0 Å². The number of epoxide rings is 1. The number of fused-ring (bicyclic) bond motifs is 3. The van der Waals surface area contributed by atoms with Gasteiger partial charge < -0.3 is 9.47 Å². The molecule has 3 nitrogen and oxygen atoms in total. The van der Waals surface area contributed by atoms with Gasteiger partial charge >= 0.3 is 5.97 Å². The number of hydrogen-bond acceptors (Lipinski definition) is 3. The molecule has 2 aliphatic rings. The van der Waals surface area contributed by atoms with Crippen LogP contribution in [-0.4, -0.2) is 12.1 Å². The molecule has 1 saturated heterocycles. The maximum atomic E-state index is 10.9. The van der Waals surface area contributed by atoms with Gasteiger partial charge in [0.15, 0.2) is 6.10 Å². The van der Waals surface area contributed by atoms with Crippen molar-refractivity contribution in [1.29, 1.82) is 0 Å². The molecule has 3 rings (SSSR count). The Morgan fingerprint density at radius 2 is 2.07 bits per heavy atom. The van der Waals surface area contributed by atoms with Crippen molar-refractivity contribution < 1.29 is 14.3 Å². The van der Waals surface area contributed by atoms with Crippen molar-refractivity contribution >= 4 is 5.97 Å². The number of ether oxygens (including phenoxy) is 2. The monoisotopic (exact) mass is 190 g/mol. The lowest BCUT2D eigenvalue weighted by molar-refractivity contribution is -0.147. The van der Waals surface area contributed by atoms with Crippen molar-refractivity contribution in [2.45, 2.75) is 25.2 Å². The van der Waals surface area contributed by atoms with Crippen LogP contribution in [0.1, 0.15) is 30.3 Å². The summed E-state index contributed by atoms with van der Waals surface area (Å²) in [5.74, 6) is -0.249. The highest BCUT2D eigenvalue weighted by Crippen LogP contribution is 2.55. The van der Waals surface area contributed by atoms with E-state index in [-0.39, 0.29) is 24.3 Å². The molecule has 0 aromatic heterocycles. The molecule has 1 aromatic carbocycles. The third-order valence-electron chi connectivity index (χ3n) is 2.73. The number of hydrogen-bond donors (Lipinski definition) is 0. The Hall–Kier alpha value is -1.35. The minimum absolute atomic E-state index is 0.0660. The van der Waals surface area contributed by atoms with E-state index in [0.717, 1.165) is 5.56 Å². The zero-order valence-electron chi connectivity index (χ0n) is 7.77. The van der Waals surface area contributed by atoms with Gasteiger partial charge in [0.05, 0.1) is 0 Å². The Bertz CT molecular complexity index is 399. The van der Waals surface area contributed by atoms with E-state index in [4.69, 9.17) is 9.47 Å². The Kier molecular flexibility index (Phi) is 1.47. The minimum Gasteiger partial charge on any atom is -0.455 e. The molecule has 0 amide bonds. The third-order valence-corrected chi connectivity index (χ3v) is 2.73. The van der Waals surface area contributed by atoms with Crippen LogP contribution < -0.4 is 0 Å². The van der Waals surface area contributed by atoms with E-state index < -0.39 is 0 Å². The number of carbonyl (C=O) groups is 1. The molecule has 0 radical (unpaired) electrons. The smallest absolute Gasteiger partial charge is 0.303 e. The van der Waals surface area contributed by atoms with Crippen molar-refractivity contribution in [1.82, 2.24) is 0 Å². The van der Waals surface area contributed by atoms with E-state index in [2.05, 4.69) is 0 Å². The van der Waals surface area contributed by atoms with Gasteiger partial charge in [-0.15, -0.1) is 0 Å². The lowest BCUT2D eigenvalue weighted by atomic mass is 10.1. The lowest BCUT2D eigenvalue weighted by Gasteiger charge is -2.13. The SMILES string of the molecule is CC(=O)OC1c2ccccc2[C@@H]2O[C@H]12. The number of benzene rings is 1. The van der Waals surface area contributed by atoms with E-state index in [1.54, 1.807) is 0 Å². The molecule has 1 aromatic rings. The summed E-state index contributed by atoms with van der Waals surface area (Å²) in [4.78, 5) is 10.9. The summed E-state index contributed by atoms with van der Waals surface area (Å²) in [5, 5.41) is 0. The first-order valence-electron chi connectivity index (χ1n) is 4.69. The molecule has 1 aliphatic carbocycles. The normalized spacial score (nSPS) is 31.9. The lowest BCUT2D eigenvalue weighted by Crippen LogP contribution is -2.11. The standard InChI is InChI=1S/C11H10O3/c1-6(12)13-9-7-4-2-3-5-8(7)10-11(9)14-10/h2-5,9-11H,1H3/t9?,10-,11+/m0/s1. The highest BCUT2D eigenvalue weighted by atomic mass is 16.6. The average Bonchev–Trinajstić information content (AvgIpc) is 2.89. The summed E-state index contributed by atoms with van der Waals surface area (Å²) in [7, 11) is 0. The van der Waals surface area contributed by atoms with E-state index in [9.17, 15) is 4.79 Å². The van der Waals surface area contributed by atoms with Crippen molar-refractivity contribution in [3.63, 3.8) is 0 Å². The van der Waals surface area contributed by atoms with Crippen LogP contribution >= 0.6 is 0 Å². The van der Waals surface area contributed by atoms with Crippen LogP contribution in [-0.2, 0) is 14.3 Å². The van der Waals surface area contributed by atoms with Crippen molar-refractivity contribution in [2.75, 3.05) is 0 Å². The first kappa shape index (κ1) is 8.00. The first-order valence-corrected chi connectivity index (χ1v) is 4.69. The van der Waals surface area contributed by atoms with Crippen LogP contribution in [0.25, 0.3) is 0 Å². The number of esters is 1. The molecule has 1 fully saturated rings. The van der Waals surface area contributed by atoms with Gasteiger partial charge in [-0.1, -0.05) is 24.3 Å². The maximum Gasteiger partial charge on any atom is 0.303 e. The molecule has 72 valence electrons. The van der Waals surface area contributed by atoms with Crippen LogP contribution in [0.2, 0.25) is 0 Å². The van der Waals surface area contributed by atoms with Crippen molar-refractivity contribution in [2.24, 2.45) is 0 Å². The molecule has 1 aliphatic heterocycles. The quantitative estimate of drug-likeness (QED) is 0.500. The molecular weight excluding hydrogens is 180 g/mol. The zero-order chi connectivity index (χ0) is 9.71. The van der Waals surface area contributed by atoms with Gasteiger partial charge in [-0.25, -0.2) is 0 Å². The van der Waals surface area contributed by atoms with Crippen LogP contribution in [0.5, 0.6) is 0 Å². The van der Waals surface area contributed by atoms with Gasteiger partial charge in [0.25, 0.3) is 0 Å².